The molecule has 0 saturated carbocycles. The van der Waals surface area contributed by atoms with Gasteiger partial charge in [-0.15, -0.1) is 0 Å². The van der Waals surface area contributed by atoms with Crippen molar-refractivity contribution < 1.29 is 0 Å². The minimum absolute atomic E-state index is 0.679. The predicted molar refractivity (Wildman–Crippen MR) is 54.7 cm³/mol. The fraction of sp³-hybridized carbons (Fsp3) is 1.00. The van der Waals surface area contributed by atoms with Crippen molar-refractivity contribution in [3.8, 4) is 0 Å². The summed E-state index contributed by atoms with van der Waals surface area (Å²) in [5.74, 6) is 0. The van der Waals surface area contributed by atoms with Crippen molar-refractivity contribution in [2.24, 2.45) is 0 Å². The second-order valence-corrected chi connectivity index (χ2v) is 10.6. The van der Waals surface area contributed by atoms with Crippen molar-refractivity contribution in [1.82, 2.24) is 4.90 Å². The molecule has 0 saturated heterocycles. The van der Waals surface area contributed by atoms with Crippen LogP contribution in [0.25, 0.3) is 0 Å². The number of hydrogen-bond acceptors (Lipinski definition) is 1. The number of rotatable bonds is 6. The van der Waals surface area contributed by atoms with E-state index >= 15 is 0 Å². The van der Waals surface area contributed by atoms with Gasteiger partial charge in [0.1, 0.15) is 0 Å². The molecule has 0 spiro atoms. The Morgan fingerprint density at radius 1 is 1.09 bits per heavy atom. The quantitative estimate of drug-likeness (QED) is 0.614. The second kappa shape index (κ2) is 7.26. The topological polar surface area (TPSA) is 3.24 Å². The monoisotopic (exact) mass is 213 g/mol. The normalized spacial score (nSPS) is 10.6. The minimum atomic E-state index is -0.679. The van der Waals surface area contributed by atoms with Crippen molar-refractivity contribution in [3.05, 3.63) is 0 Å². The first-order valence-electron chi connectivity index (χ1n) is 4.93. The molecule has 0 aromatic heterocycles. The molecule has 66 valence electrons. The van der Waals surface area contributed by atoms with E-state index in [1.165, 1.54) is 26.1 Å². The fourth-order valence-electron chi connectivity index (χ4n) is 1.26. The van der Waals surface area contributed by atoms with Crippen LogP contribution in [0.3, 0.4) is 0 Å². The summed E-state index contributed by atoms with van der Waals surface area (Å²) >= 11 is -0.679. The van der Waals surface area contributed by atoms with Crippen LogP contribution in [0.5, 0.6) is 0 Å². The van der Waals surface area contributed by atoms with Gasteiger partial charge in [0.25, 0.3) is 0 Å². The fourth-order valence-corrected chi connectivity index (χ4v) is 3.36. The maximum atomic E-state index is 2.52. The van der Waals surface area contributed by atoms with Crippen molar-refractivity contribution in [3.63, 3.8) is 0 Å². The van der Waals surface area contributed by atoms with Gasteiger partial charge in [-0.3, -0.25) is 0 Å². The molecule has 0 atom stereocenters. The van der Waals surface area contributed by atoms with Crippen LogP contribution in [0.15, 0.2) is 0 Å². The molecular weight excluding hydrogens is 192 g/mol. The van der Waals surface area contributed by atoms with Crippen LogP contribution in [0.1, 0.15) is 20.3 Å². The average Bonchev–Trinajstić information content (AvgIpc) is 1.98. The van der Waals surface area contributed by atoms with E-state index in [2.05, 4.69) is 29.7 Å². The molecule has 0 aliphatic heterocycles. The van der Waals surface area contributed by atoms with Crippen LogP contribution in [0, 0.1) is 0 Å². The van der Waals surface area contributed by atoms with Crippen molar-refractivity contribution >= 4 is 16.2 Å². The van der Waals surface area contributed by atoms with Gasteiger partial charge in [0.05, 0.1) is 0 Å². The summed E-state index contributed by atoms with van der Waals surface area (Å²) < 4.78 is 0. The molecule has 0 fully saturated rings. The van der Waals surface area contributed by atoms with E-state index in [9.17, 15) is 0 Å². The van der Waals surface area contributed by atoms with Crippen molar-refractivity contribution in [2.75, 3.05) is 19.6 Å². The van der Waals surface area contributed by atoms with Crippen LogP contribution >= 0.6 is 0 Å². The first-order chi connectivity index (χ1) is 5.20. The van der Waals surface area contributed by atoms with E-state index < -0.39 is 16.2 Å². The molecule has 0 aliphatic carbocycles. The van der Waals surface area contributed by atoms with Gasteiger partial charge in [0.15, 0.2) is 0 Å². The molecule has 0 aromatic rings. The third-order valence-corrected chi connectivity index (χ3v) is 5.43. The number of nitrogens with zero attached hydrogens (tertiary/aromatic N) is 1. The van der Waals surface area contributed by atoms with Crippen LogP contribution in [0.2, 0.25) is 15.9 Å². The van der Waals surface area contributed by atoms with E-state index in [1.807, 2.05) is 0 Å². The standard InChI is InChI=1S/C7H16N.2CH3.Ga/c1-4-7-8(5-2)6-3;;;/h1,4-7H2,2-3H3;2*1H3;. The summed E-state index contributed by atoms with van der Waals surface area (Å²) in [6.07, 6.45) is 1.44. The average molecular weight is 214 g/mol. The molecule has 0 aliphatic rings. The van der Waals surface area contributed by atoms with Crippen LogP contribution < -0.4 is 0 Å². The molecule has 0 amide bonds. The molecule has 0 heterocycles. The van der Waals surface area contributed by atoms with E-state index in [0.717, 1.165) is 0 Å². The Hall–Kier alpha value is 0.596. The van der Waals surface area contributed by atoms with Gasteiger partial charge < -0.3 is 0 Å². The predicted octanol–water partition coefficient (Wildman–Crippen LogP) is 2.47. The number of hydrogen-bond donors (Lipinski definition) is 0. The third kappa shape index (κ3) is 6.97. The van der Waals surface area contributed by atoms with Gasteiger partial charge in [0.2, 0.25) is 0 Å². The van der Waals surface area contributed by atoms with Gasteiger partial charge >= 0.3 is 77.0 Å². The maximum absolute atomic E-state index is 2.52. The molecule has 0 radical (unpaired) electrons. The van der Waals surface area contributed by atoms with Crippen LogP contribution in [-0.2, 0) is 0 Å². The second-order valence-electron chi connectivity index (χ2n) is 3.56. The zero-order valence-corrected chi connectivity index (χ0v) is 11.0. The summed E-state index contributed by atoms with van der Waals surface area (Å²) in [6.45, 7) is 8.28. The van der Waals surface area contributed by atoms with Gasteiger partial charge in [-0.1, -0.05) is 0 Å². The summed E-state index contributed by atoms with van der Waals surface area (Å²) in [4.78, 5) is 4.08. The Morgan fingerprint density at radius 3 is 2.00 bits per heavy atom. The molecule has 0 rings (SSSR count). The van der Waals surface area contributed by atoms with Gasteiger partial charge in [-0.2, -0.15) is 0 Å². The molecule has 0 aromatic carbocycles. The molecule has 0 N–H and O–H groups in total. The van der Waals surface area contributed by atoms with E-state index in [4.69, 9.17) is 0 Å². The molecule has 11 heavy (non-hydrogen) atoms. The van der Waals surface area contributed by atoms with Crippen LogP contribution in [0.4, 0.5) is 0 Å². The van der Waals surface area contributed by atoms with E-state index in [1.54, 1.807) is 4.98 Å². The molecule has 2 heteroatoms. The Balaban J connectivity index is 3.21. The summed E-state index contributed by atoms with van der Waals surface area (Å²) in [5.41, 5.74) is 4.96. The molecule has 1 nitrogen and oxygen atoms in total. The Labute approximate surface area is 77.2 Å². The van der Waals surface area contributed by atoms with Gasteiger partial charge in [0, 0.05) is 0 Å². The van der Waals surface area contributed by atoms with Crippen molar-refractivity contribution in [2.45, 2.75) is 36.2 Å². The summed E-state index contributed by atoms with van der Waals surface area (Å²) in [7, 11) is 0. The Morgan fingerprint density at radius 2 is 1.64 bits per heavy atom. The van der Waals surface area contributed by atoms with Crippen molar-refractivity contribution in [1.29, 1.82) is 0 Å². The van der Waals surface area contributed by atoms with Crippen LogP contribution in [-0.4, -0.2) is 40.8 Å². The Kier molecular flexibility index (Phi) is 7.65. The third-order valence-electron chi connectivity index (χ3n) is 2.15. The Bertz CT molecular complexity index is 79.6. The van der Waals surface area contributed by atoms with Gasteiger partial charge in [-0.25, -0.2) is 0 Å². The summed E-state index contributed by atoms with van der Waals surface area (Å²) in [5, 5.41) is 0. The SMILES string of the molecule is CCN(CC)CC[CH2][Ga]([CH3])[CH3]. The first kappa shape index (κ1) is 11.6. The van der Waals surface area contributed by atoms with E-state index in [0.29, 0.717) is 0 Å². The van der Waals surface area contributed by atoms with Gasteiger partial charge in [-0.05, 0) is 0 Å². The molecule has 0 bridgehead atoms. The summed E-state index contributed by atoms with van der Waals surface area (Å²) in [6, 6.07) is 0. The van der Waals surface area contributed by atoms with E-state index in [-0.39, 0.29) is 0 Å². The first-order valence-corrected chi connectivity index (χ1v) is 11.5. The molecular formula is C9H22GaN. The zero-order valence-electron chi connectivity index (χ0n) is 8.56. The zero-order chi connectivity index (χ0) is 8.69. The molecule has 0 unspecified atom stereocenters.